The number of hydrogen-bond acceptors (Lipinski definition) is 3. The van der Waals surface area contributed by atoms with Gasteiger partial charge in [-0.2, -0.15) is 0 Å². The van der Waals surface area contributed by atoms with Gasteiger partial charge in [-0.1, -0.05) is 0 Å². The zero-order valence-electron chi connectivity index (χ0n) is 9.74. The van der Waals surface area contributed by atoms with E-state index in [9.17, 15) is 4.79 Å². The van der Waals surface area contributed by atoms with Crippen molar-refractivity contribution in [2.24, 2.45) is 5.92 Å². The summed E-state index contributed by atoms with van der Waals surface area (Å²) in [4.78, 5) is 11.1. The van der Waals surface area contributed by atoms with Gasteiger partial charge in [0.1, 0.15) is 0 Å². The first-order valence-corrected chi connectivity index (χ1v) is 8.03. The Balaban J connectivity index is 3.20. The van der Waals surface area contributed by atoms with E-state index >= 15 is 0 Å². The normalized spacial score (nSPS) is 12.9. The molecule has 1 unspecified atom stereocenters. The third-order valence-corrected chi connectivity index (χ3v) is 2.92. The Morgan fingerprint density at radius 2 is 2.00 bits per heavy atom. The molecule has 0 saturated heterocycles. The molecular weight excluding hydrogens is 318 g/mol. The van der Waals surface area contributed by atoms with E-state index in [1.165, 1.54) is 12.8 Å². The first-order chi connectivity index (χ1) is 7.02. The number of unbranched alkanes of at least 4 members (excludes halogenated alkanes) is 2. The molecule has 1 atom stereocenters. The molecule has 0 amide bonds. The molecule has 0 rings (SSSR count). The number of esters is 1. The average Bonchev–Trinajstić information content (AvgIpc) is 2.09. The molecule has 0 aliphatic rings. The van der Waals surface area contributed by atoms with Crippen LogP contribution in [0.15, 0.2) is 0 Å². The number of carbonyl (C=O) groups excluding carboxylic acids is 1. The Hall–Kier alpha value is 0.638. The second-order valence-corrected chi connectivity index (χ2v) is 8.80. The van der Waals surface area contributed by atoms with Crippen LogP contribution in [0.5, 0.6) is 0 Å². The first kappa shape index (κ1) is 15.6. The van der Waals surface area contributed by atoms with Gasteiger partial charge in [-0.15, -0.1) is 0 Å². The average molecular weight is 341 g/mol. The molecule has 0 aliphatic carbocycles. The van der Waals surface area contributed by atoms with Gasteiger partial charge in [-0.25, -0.2) is 0 Å². The predicted molar refractivity (Wildman–Crippen MR) is 70.2 cm³/mol. The number of carbonyl (C=O) groups is 1. The van der Waals surface area contributed by atoms with Gasteiger partial charge >= 0.3 is 113 Å². The first-order valence-electron chi connectivity index (χ1n) is 5.61. The molecule has 0 fully saturated rings. The number of rotatable bonds is 8. The van der Waals surface area contributed by atoms with E-state index < -0.39 is 0 Å². The Morgan fingerprint density at radius 3 is 2.53 bits per heavy atom. The van der Waals surface area contributed by atoms with Gasteiger partial charge in [0.05, 0.1) is 0 Å². The summed E-state index contributed by atoms with van der Waals surface area (Å²) in [5.41, 5.74) is 0. The zero-order valence-corrected chi connectivity index (χ0v) is 13.9. The Labute approximate surface area is 112 Å². The summed E-state index contributed by atoms with van der Waals surface area (Å²) in [5, 5.41) is 0. The molecule has 0 radical (unpaired) electrons. The van der Waals surface area contributed by atoms with Gasteiger partial charge < -0.3 is 0 Å². The van der Waals surface area contributed by atoms with Crippen LogP contribution in [-0.4, -0.2) is 38.8 Å². The zero-order chi connectivity index (χ0) is 11.7. The molecule has 0 heterocycles. The quantitative estimate of drug-likeness (QED) is 0.317. The van der Waals surface area contributed by atoms with E-state index in [-0.39, 0.29) is 9.17 Å². The van der Waals surface area contributed by atoms with E-state index in [2.05, 4.69) is 26.5 Å². The fourth-order valence-electron chi connectivity index (χ4n) is 1.25. The molecule has 0 N–H and O–H groups in total. The van der Waals surface area contributed by atoms with Crippen LogP contribution >= 0.6 is 12.6 Å². The minimum absolute atomic E-state index is 0.0912. The van der Waals surface area contributed by atoms with Crippen molar-refractivity contribution in [3.8, 4) is 0 Å². The van der Waals surface area contributed by atoms with Crippen LogP contribution in [-0.2, 0) is 9.53 Å². The number of thiol groups is 1. The second-order valence-electron chi connectivity index (χ2n) is 4.24. The molecule has 0 aromatic heterocycles. The minimum atomic E-state index is -0.0912. The maximum absolute atomic E-state index is 11.1. The summed E-state index contributed by atoms with van der Waals surface area (Å²) in [5.74, 6) is 0.689. The third-order valence-electron chi connectivity index (χ3n) is 2.06. The van der Waals surface area contributed by atoms with Crippen molar-refractivity contribution in [2.45, 2.75) is 49.1 Å². The fourth-order valence-corrected chi connectivity index (χ4v) is 1.95. The Bertz CT molecular complexity index is 172. The molecule has 0 aromatic carbocycles. The SMILES string of the molecule is CC(C)CCCCCOC(=O)C[CH](S)[SbH2]. The van der Waals surface area contributed by atoms with E-state index in [0.29, 0.717) is 13.0 Å². The topological polar surface area (TPSA) is 26.3 Å². The van der Waals surface area contributed by atoms with Gasteiger partial charge in [-0.3, -0.25) is 0 Å². The molecule has 2 nitrogen and oxygen atoms in total. The molecule has 0 bridgehead atoms. The molecule has 15 heavy (non-hydrogen) atoms. The molecule has 0 aromatic rings. The maximum atomic E-state index is 11.1. The van der Waals surface area contributed by atoms with E-state index in [1.54, 1.807) is 0 Å². The fraction of sp³-hybridized carbons (Fsp3) is 0.909. The van der Waals surface area contributed by atoms with Gasteiger partial charge in [0.15, 0.2) is 0 Å². The van der Waals surface area contributed by atoms with Crippen molar-refractivity contribution < 1.29 is 9.53 Å². The molecule has 0 spiro atoms. The van der Waals surface area contributed by atoms with Crippen LogP contribution in [0.2, 0.25) is 0 Å². The Morgan fingerprint density at radius 1 is 1.33 bits per heavy atom. The molecule has 0 saturated carbocycles. The monoisotopic (exact) mass is 340 g/mol. The van der Waals surface area contributed by atoms with Crippen LogP contribution in [0.3, 0.4) is 0 Å². The number of ether oxygens (including phenoxy) is 1. The predicted octanol–water partition coefficient (Wildman–Crippen LogP) is 2.03. The van der Waals surface area contributed by atoms with Crippen LogP contribution in [0.1, 0.15) is 46.0 Å². The third kappa shape index (κ3) is 12.6. The van der Waals surface area contributed by atoms with E-state index in [0.717, 1.165) is 41.8 Å². The summed E-state index contributed by atoms with van der Waals surface area (Å²) < 4.78 is 5.32. The van der Waals surface area contributed by atoms with E-state index in [1.807, 2.05) is 0 Å². The standard InChI is InChI=1S/C11H21O2S.Sb.2H/c1-10(2)6-4-3-5-8-13-11(12)7-9-14;;;/h9-10,14H,3-8H2,1-2H3;;;. The van der Waals surface area contributed by atoms with Gasteiger partial charge in [-0.05, 0) is 0 Å². The second kappa shape index (κ2) is 9.84. The van der Waals surface area contributed by atoms with Crippen molar-refractivity contribution >= 4 is 41.6 Å². The van der Waals surface area contributed by atoms with Crippen LogP contribution < -0.4 is 0 Å². The van der Waals surface area contributed by atoms with Crippen LogP contribution in [0.25, 0.3) is 0 Å². The Kier molecular flexibility index (Phi) is 10.3. The van der Waals surface area contributed by atoms with E-state index in [4.69, 9.17) is 4.74 Å². The van der Waals surface area contributed by atoms with Crippen molar-refractivity contribution in [1.29, 1.82) is 0 Å². The van der Waals surface area contributed by atoms with Crippen molar-refractivity contribution in [2.75, 3.05) is 6.61 Å². The molecule has 0 aliphatic heterocycles. The van der Waals surface area contributed by atoms with Gasteiger partial charge in [0, 0.05) is 0 Å². The molecule has 90 valence electrons. The summed E-state index contributed by atoms with van der Waals surface area (Å²) in [6.07, 6.45) is 5.14. The summed E-state index contributed by atoms with van der Waals surface area (Å²) in [6.45, 7) is 5.05. The van der Waals surface area contributed by atoms with Crippen LogP contribution in [0.4, 0.5) is 0 Å². The summed E-state index contributed by atoms with van der Waals surface area (Å²) in [7, 11) is 0. The summed E-state index contributed by atoms with van der Waals surface area (Å²) in [6, 6.07) is 0. The molecular formula is C11H23O2SSb. The van der Waals surface area contributed by atoms with Crippen molar-refractivity contribution in [1.82, 2.24) is 0 Å². The van der Waals surface area contributed by atoms with Crippen molar-refractivity contribution in [3.63, 3.8) is 0 Å². The van der Waals surface area contributed by atoms with Gasteiger partial charge in [0.2, 0.25) is 0 Å². The van der Waals surface area contributed by atoms with Gasteiger partial charge in [0.25, 0.3) is 0 Å². The van der Waals surface area contributed by atoms with Crippen LogP contribution in [0, 0.1) is 5.92 Å². The molecule has 4 heteroatoms. The number of hydrogen-bond donors (Lipinski definition) is 1. The summed E-state index contributed by atoms with van der Waals surface area (Å²) >= 11 is 5.20. The van der Waals surface area contributed by atoms with Crippen molar-refractivity contribution in [3.05, 3.63) is 0 Å².